The summed E-state index contributed by atoms with van der Waals surface area (Å²) in [5.41, 5.74) is 0.854. The number of anilines is 1. The predicted molar refractivity (Wildman–Crippen MR) is 101 cm³/mol. The number of carboxylic acid groups (broad SMARTS) is 1. The first-order valence-corrected chi connectivity index (χ1v) is 10.6. The Morgan fingerprint density at radius 2 is 1.85 bits per heavy atom. The lowest BCUT2D eigenvalue weighted by Gasteiger charge is -2.15. The van der Waals surface area contributed by atoms with Crippen molar-refractivity contribution in [2.24, 2.45) is 0 Å². The molecule has 27 heavy (non-hydrogen) atoms. The Morgan fingerprint density at radius 3 is 2.44 bits per heavy atom. The molecule has 2 N–H and O–H groups in total. The molecule has 0 radical (unpaired) electrons. The Balaban J connectivity index is 1.72. The molecular formula is C17H19N3O5S2. The number of aryl methyl sites for hydroxylation is 1. The quantitative estimate of drug-likeness (QED) is 0.755. The largest absolute Gasteiger partial charge is 0.481 e. The van der Waals surface area contributed by atoms with Gasteiger partial charge in [-0.1, -0.05) is 0 Å². The maximum absolute atomic E-state index is 12.5. The first-order valence-electron chi connectivity index (χ1n) is 8.37. The second-order valence-electron chi connectivity index (χ2n) is 6.19. The lowest BCUT2D eigenvalue weighted by molar-refractivity contribution is -0.136. The van der Waals surface area contributed by atoms with Gasteiger partial charge in [0.2, 0.25) is 10.0 Å². The Labute approximate surface area is 160 Å². The summed E-state index contributed by atoms with van der Waals surface area (Å²) in [7, 11) is -3.52. The number of rotatable bonds is 6. The highest BCUT2D eigenvalue weighted by molar-refractivity contribution is 7.89. The van der Waals surface area contributed by atoms with Crippen LogP contribution in [0, 0.1) is 6.92 Å². The van der Waals surface area contributed by atoms with E-state index in [0.29, 0.717) is 34.4 Å². The number of sulfonamides is 1. The molecule has 0 atom stereocenters. The zero-order chi connectivity index (χ0) is 19.6. The number of hydrogen-bond donors (Lipinski definition) is 2. The Bertz CT molecular complexity index is 961. The van der Waals surface area contributed by atoms with Gasteiger partial charge in [0.25, 0.3) is 5.91 Å². The molecule has 0 bridgehead atoms. The summed E-state index contributed by atoms with van der Waals surface area (Å²) in [5, 5.41) is 11.8. The fraction of sp³-hybridized carbons (Fsp3) is 0.353. The van der Waals surface area contributed by atoms with Crippen LogP contribution < -0.4 is 5.32 Å². The van der Waals surface area contributed by atoms with E-state index in [-0.39, 0.29) is 11.3 Å². The molecule has 1 aliphatic rings. The molecule has 1 aliphatic heterocycles. The predicted octanol–water partition coefficient (Wildman–Crippen LogP) is 2.12. The maximum Gasteiger partial charge on any atom is 0.308 e. The third kappa shape index (κ3) is 4.34. The van der Waals surface area contributed by atoms with Gasteiger partial charge in [0.15, 0.2) is 5.13 Å². The second kappa shape index (κ2) is 7.75. The number of aliphatic carboxylic acids is 1. The zero-order valence-electron chi connectivity index (χ0n) is 14.6. The van der Waals surface area contributed by atoms with Crippen molar-refractivity contribution in [1.82, 2.24) is 9.29 Å². The molecule has 1 aromatic carbocycles. The Morgan fingerprint density at radius 1 is 1.22 bits per heavy atom. The third-order valence-electron chi connectivity index (χ3n) is 4.24. The highest BCUT2D eigenvalue weighted by Gasteiger charge is 2.27. The van der Waals surface area contributed by atoms with Crippen LogP contribution in [-0.2, 0) is 21.2 Å². The number of nitrogens with one attached hydrogen (secondary N) is 1. The van der Waals surface area contributed by atoms with Crippen LogP contribution >= 0.6 is 11.3 Å². The highest BCUT2D eigenvalue weighted by atomic mass is 32.2. The summed E-state index contributed by atoms with van der Waals surface area (Å²) in [5.74, 6) is -1.40. The number of thiazole rings is 1. The molecule has 1 fully saturated rings. The molecule has 0 aliphatic carbocycles. The average Bonchev–Trinajstić information content (AvgIpc) is 3.26. The van der Waals surface area contributed by atoms with E-state index in [9.17, 15) is 18.0 Å². The normalized spacial score (nSPS) is 15.0. The highest BCUT2D eigenvalue weighted by Crippen LogP contribution is 2.24. The molecule has 1 amide bonds. The minimum Gasteiger partial charge on any atom is -0.481 e. The smallest absolute Gasteiger partial charge is 0.308 e. The van der Waals surface area contributed by atoms with Crippen LogP contribution in [-0.4, -0.2) is 47.8 Å². The van der Waals surface area contributed by atoms with Gasteiger partial charge >= 0.3 is 5.97 Å². The third-order valence-corrected chi connectivity index (χ3v) is 7.23. The van der Waals surface area contributed by atoms with Crippen molar-refractivity contribution in [1.29, 1.82) is 0 Å². The minimum atomic E-state index is -3.52. The van der Waals surface area contributed by atoms with Crippen molar-refractivity contribution < 1.29 is 23.1 Å². The topological polar surface area (TPSA) is 117 Å². The van der Waals surface area contributed by atoms with E-state index in [0.717, 1.165) is 24.2 Å². The zero-order valence-corrected chi connectivity index (χ0v) is 16.3. The summed E-state index contributed by atoms with van der Waals surface area (Å²) < 4.78 is 26.5. The van der Waals surface area contributed by atoms with Crippen molar-refractivity contribution in [3.63, 3.8) is 0 Å². The molecule has 10 heteroatoms. The number of benzene rings is 1. The number of aromatic nitrogens is 1. The van der Waals surface area contributed by atoms with Crippen LogP contribution in [0.2, 0.25) is 0 Å². The first-order chi connectivity index (χ1) is 12.8. The van der Waals surface area contributed by atoms with E-state index in [4.69, 9.17) is 5.11 Å². The van der Waals surface area contributed by atoms with Gasteiger partial charge in [-0.05, 0) is 44.0 Å². The first kappa shape index (κ1) is 19.5. The molecule has 2 aromatic rings. The standard InChI is InChI=1S/C17H19N3O5S2/c1-11-14(10-15(21)22)26-17(18-11)19-16(23)12-4-6-13(7-5-12)27(24,25)20-8-2-3-9-20/h4-7H,2-3,8-10H2,1H3,(H,21,22)(H,18,19,23). The van der Waals surface area contributed by atoms with E-state index < -0.39 is 21.9 Å². The maximum atomic E-state index is 12.5. The van der Waals surface area contributed by atoms with Crippen LogP contribution in [0.4, 0.5) is 5.13 Å². The van der Waals surface area contributed by atoms with Gasteiger partial charge in [-0.3, -0.25) is 14.9 Å². The molecule has 144 valence electrons. The van der Waals surface area contributed by atoms with E-state index in [1.165, 1.54) is 28.6 Å². The van der Waals surface area contributed by atoms with E-state index in [2.05, 4.69) is 10.3 Å². The van der Waals surface area contributed by atoms with Crippen molar-refractivity contribution in [3.05, 3.63) is 40.4 Å². The summed E-state index contributed by atoms with van der Waals surface area (Å²) in [6.07, 6.45) is 1.57. The van der Waals surface area contributed by atoms with Gasteiger partial charge in [-0.2, -0.15) is 4.31 Å². The summed E-state index contributed by atoms with van der Waals surface area (Å²) in [6, 6.07) is 5.75. The number of amides is 1. The fourth-order valence-corrected chi connectivity index (χ4v) is 5.27. The van der Waals surface area contributed by atoms with Crippen LogP contribution in [0.5, 0.6) is 0 Å². The molecular weight excluding hydrogens is 390 g/mol. The van der Waals surface area contributed by atoms with E-state index in [1.807, 2.05) is 0 Å². The van der Waals surface area contributed by atoms with Gasteiger partial charge < -0.3 is 5.11 Å². The molecule has 1 aromatic heterocycles. The van der Waals surface area contributed by atoms with Gasteiger partial charge in [0.1, 0.15) is 0 Å². The van der Waals surface area contributed by atoms with Gasteiger partial charge in [0, 0.05) is 23.5 Å². The van der Waals surface area contributed by atoms with Crippen LogP contribution in [0.3, 0.4) is 0 Å². The molecule has 2 heterocycles. The molecule has 1 saturated heterocycles. The van der Waals surface area contributed by atoms with Crippen LogP contribution in [0.25, 0.3) is 0 Å². The summed E-state index contributed by atoms with van der Waals surface area (Å²) >= 11 is 1.11. The number of carbonyl (C=O) groups excluding carboxylic acids is 1. The SMILES string of the molecule is Cc1nc(NC(=O)c2ccc(S(=O)(=O)N3CCCC3)cc2)sc1CC(=O)O. The fourth-order valence-electron chi connectivity index (χ4n) is 2.81. The van der Waals surface area contributed by atoms with E-state index in [1.54, 1.807) is 6.92 Å². The lowest BCUT2D eigenvalue weighted by Crippen LogP contribution is -2.27. The second-order valence-corrected chi connectivity index (χ2v) is 9.21. The van der Waals surface area contributed by atoms with Gasteiger partial charge in [0.05, 0.1) is 17.0 Å². The van der Waals surface area contributed by atoms with Crippen molar-refractivity contribution >= 4 is 38.4 Å². The summed E-state index contributed by atoms with van der Waals surface area (Å²) in [4.78, 5) is 28.1. The molecule has 0 unspecified atom stereocenters. The number of carboxylic acids is 1. The Kier molecular flexibility index (Phi) is 5.59. The molecule has 3 rings (SSSR count). The van der Waals surface area contributed by atoms with Crippen molar-refractivity contribution in [2.75, 3.05) is 18.4 Å². The molecule has 0 saturated carbocycles. The monoisotopic (exact) mass is 409 g/mol. The van der Waals surface area contributed by atoms with Crippen LogP contribution in [0.1, 0.15) is 33.8 Å². The minimum absolute atomic E-state index is 0.150. The molecule has 8 nitrogen and oxygen atoms in total. The number of carbonyl (C=O) groups is 2. The van der Waals surface area contributed by atoms with Gasteiger partial charge in [-0.25, -0.2) is 13.4 Å². The van der Waals surface area contributed by atoms with E-state index >= 15 is 0 Å². The van der Waals surface area contributed by atoms with Crippen LogP contribution in [0.15, 0.2) is 29.2 Å². The Hall–Kier alpha value is -2.30. The van der Waals surface area contributed by atoms with Gasteiger partial charge in [-0.15, -0.1) is 11.3 Å². The van der Waals surface area contributed by atoms with Crippen molar-refractivity contribution in [3.8, 4) is 0 Å². The number of hydrogen-bond acceptors (Lipinski definition) is 6. The van der Waals surface area contributed by atoms with Crippen molar-refractivity contribution in [2.45, 2.75) is 31.1 Å². The summed E-state index contributed by atoms with van der Waals surface area (Å²) in [6.45, 7) is 2.72. The average molecular weight is 409 g/mol. The lowest BCUT2D eigenvalue weighted by atomic mass is 10.2. The number of nitrogens with zero attached hydrogens (tertiary/aromatic N) is 2. The molecule has 0 spiro atoms.